The zero-order valence-electron chi connectivity index (χ0n) is 14.2. The Kier molecular flexibility index (Phi) is 4.56. The maximum Gasteiger partial charge on any atom is 0.194 e. The molecule has 0 amide bonds. The molecule has 134 valence electrons. The number of sulfone groups is 1. The van der Waals surface area contributed by atoms with E-state index in [0.717, 1.165) is 38.6 Å². The lowest BCUT2D eigenvalue weighted by molar-refractivity contribution is 0.259. The zero-order chi connectivity index (χ0) is 16.6. The third-order valence-corrected chi connectivity index (χ3v) is 7.40. The average molecular weight is 353 g/mol. The predicted octanol–water partition coefficient (Wildman–Crippen LogP) is 0.475. The number of hydrogen-bond donors (Lipinski definition) is 1. The first-order valence-electron chi connectivity index (χ1n) is 9.24. The predicted molar refractivity (Wildman–Crippen MR) is 95.9 cm³/mol. The first-order valence-corrected chi connectivity index (χ1v) is 11.1. The molecule has 0 aromatic heterocycles. The molecule has 0 aromatic rings. The Balaban J connectivity index is 1.37. The standard InChI is InChI=1S/C17H28N4O2S/c22-24(23)10-6-14(13-24)11-18-17(19-15-3-4-15)21-9-5-16(12-21)20-7-1-2-8-20/h1-2,14-16H,3-13H2,(H,18,19). The van der Waals surface area contributed by atoms with Gasteiger partial charge in [0.2, 0.25) is 0 Å². The molecule has 0 aromatic carbocycles. The summed E-state index contributed by atoms with van der Waals surface area (Å²) in [7, 11) is -2.81. The van der Waals surface area contributed by atoms with Crippen LogP contribution in [0, 0.1) is 5.92 Å². The van der Waals surface area contributed by atoms with Crippen molar-refractivity contribution >= 4 is 15.8 Å². The summed E-state index contributed by atoms with van der Waals surface area (Å²) in [5, 5.41) is 3.58. The summed E-state index contributed by atoms with van der Waals surface area (Å²) in [4.78, 5) is 9.73. The first kappa shape index (κ1) is 16.4. The molecule has 7 heteroatoms. The van der Waals surface area contributed by atoms with Crippen molar-refractivity contribution in [3.05, 3.63) is 12.2 Å². The Morgan fingerprint density at radius 1 is 1.17 bits per heavy atom. The second-order valence-electron chi connectivity index (χ2n) is 7.67. The fourth-order valence-corrected chi connectivity index (χ4v) is 5.75. The molecular weight excluding hydrogens is 324 g/mol. The first-order chi connectivity index (χ1) is 11.6. The van der Waals surface area contributed by atoms with Crippen molar-refractivity contribution in [2.75, 3.05) is 44.2 Å². The van der Waals surface area contributed by atoms with Crippen LogP contribution in [-0.4, -0.2) is 80.5 Å². The molecule has 2 unspecified atom stereocenters. The lowest BCUT2D eigenvalue weighted by atomic mass is 10.1. The van der Waals surface area contributed by atoms with Crippen molar-refractivity contribution in [2.45, 2.75) is 37.8 Å². The molecule has 1 N–H and O–H groups in total. The van der Waals surface area contributed by atoms with Crippen molar-refractivity contribution in [2.24, 2.45) is 10.9 Å². The number of likely N-dealkylation sites (tertiary alicyclic amines) is 1. The van der Waals surface area contributed by atoms with E-state index in [9.17, 15) is 8.42 Å². The number of rotatable bonds is 4. The van der Waals surface area contributed by atoms with Crippen LogP contribution in [0.2, 0.25) is 0 Å². The molecule has 2 saturated heterocycles. The smallest absolute Gasteiger partial charge is 0.194 e. The van der Waals surface area contributed by atoms with Gasteiger partial charge >= 0.3 is 0 Å². The molecule has 4 aliphatic rings. The fraction of sp³-hybridized carbons (Fsp3) is 0.824. The molecule has 4 rings (SSSR count). The second-order valence-corrected chi connectivity index (χ2v) is 9.89. The summed E-state index contributed by atoms with van der Waals surface area (Å²) in [5.74, 6) is 1.87. The number of nitrogens with zero attached hydrogens (tertiary/aromatic N) is 3. The molecule has 24 heavy (non-hydrogen) atoms. The van der Waals surface area contributed by atoms with Gasteiger partial charge in [-0.3, -0.25) is 9.89 Å². The third kappa shape index (κ3) is 3.94. The van der Waals surface area contributed by atoms with Gasteiger partial charge in [0.25, 0.3) is 0 Å². The van der Waals surface area contributed by atoms with Crippen molar-refractivity contribution in [3.8, 4) is 0 Å². The quantitative estimate of drug-likeness (QED) is 0.453. The number of guanidine groups is 1. The van der Waals surface area contributed by atoms with Gasteiger partial charge < -0.3 is 10.2 Å². The molecule has 0 spiro atoms. The van der Waals surface area contributed by atoms with Crippen molar-refractivity contribution in [3.63, 3.8) is 0 Å². The maximum absolute atomic E-state index is 11.6. The monoisotopic (exact) mass is 352 g/mol. The van der Waals surface area contributed by atoms with Crippen LogP contribution in [0.3, 0.4) is 0 Å². The van der Waals surface area contributed by atoms with E-state index in [2.05, 4.69) is 27.3 Å². The van der Waals surface area contributed by atoms with Gasteiger partial charge in [-0.1, -0.05) is 12.2 Å². The van der Waals surface area contributed by atoms with Crippen LogP contribution in [0.25, 0.3) is 0 Å². The molecule has 1 saturated carbocycles. The summed E-state index contributed by atoms with van der Waals surface area (Å²) in [5.41, 5.74) is 0. The normalized spacial score (nSPS) is 33.5. The van der Waals surface area contributed by atoms with Crippen LogP contribution in [0.4, 0.5) is 0 Å². The highest BCUT2D eigenvalue weighted by molar-refractivity contribution is 7.91. The number of nitrogens with one attached hydrogen (secondary N) is 1. The largest absolute Gasteiger partial charge is 0.354 e. The van der Waals surface area contributed by atoms with Gasteiger partial charge in [-0.25, -0.2) is 8.42 Å². The summed E-state index contributed by atoms with van der Waals surface area (Å²) >= 11 is 0. The van der Waals surface area contributed by atoms with Crippen LogP contribution in [0.15, 0.2) is 17.1 Å². The number of aliphatic imine (C=N–C) groups is 1. The van der Waals surface area contributed by atoms with Crippen LogP contribution in [-0.2, 0) is 9.84 Å². The summed E-state index contributed by atoms with van der Waals surface area (Å²) < 4.78 is 23.3. The number of hydrogen-bond acceptors (Lipinski definition) is 4. The molecule has 0 radical (unpaired) electrons. The molecular formula is C17H28N4O2S. The van der Waals surface area contributed by atoms with Gasteiger partial charge in [0.15, 0.2) is 15.8 Å². The molecule has 2 atom stereocenters. The van der Waals surface area contributed by atoms with Gasteiger partial charge in [-0.05, 0) is 31.6 Å². The van der Waals surface area contributed by atoms with Crippen molar-refractivity contribution in [1.29, 1.82) is 0 Å². The molecule has 6 nitrogen and oxygen atoms in total. The zero-order valence-corrected chi connectivity index (χ0v) is 15.0. The van der Waals surface area contributed by atoms with Gasteiger partial charge in [0.05, 0.1) is 11.5 Å². The Hall–Kier alpha value is -1.08. The molecule has 1 aliphatic carbocycles. The van der Waals surface area contributed by atoms with Gasteiger partial charge in [0.1, 0.15) is 0 Å². The fourth-order valence-electron chi connectivity index (χ4n) is 3.90. The average Bonchev–Trinajstić information content (AvgIpc) is 2.99. The van der Waals surface area contributed by atoms with Gasteiger partial charge in [-0.15, -0.1) is 0 Å². The topological polar surface area (TPSA) is 65.0 Å². The summed E-state index contributed by atoms with van der Waals surface area (Å²) in [6.45, 7) is 4.86. The highest BCUT2D eigenvalue weighted by Gasteiger charge is 2.33. The lowest BCUT2D eigenvalue weighted by Crippen LogP contribution is -2.43. The van der Waals surface area contributed by atoms with E-state index in [1.807, 2.05) is 0 Å². The van der Waals surface area contributed by atoms with Gasteiger partial charge in [0, 0.05) is 44.8 Å². The third-order valence-electron chi connectivity index (χ3n) is 5.56. The highest BCUT2D eigenvalue weighted by atomic mass is 32.2. The lowest BCUT2D eigenvalue weighted by Gasteiger charge is -2.26. The van der Waals surface area contributed by atoms with Crippen LogP contribution >= 0.6 is 0 Å². The van der Waals surface area contributed by atoms with E-state index in [1.54, 1.807) is 0 Å². The van der Waals surface area contributed by atoms with E-state index >= 15 is 0 Å². The van der Waals surface area contributed by atoms with Gasteiger partial charge in [-0.2, -0.15) is 0 Å². The Labute approximate surface area is 144 Å². The highest BCUT2D eigenvalue weighted by Crippen LogP contribution is 2.23. The van der Waals surface area contributed by atoms with E-state index < -0.39 is 9.84 Å². The van der Waals surface area contributed by atoms with E-state index in [1.165, 1.54) is 19.3 Å². The Bertz CT molecular complexity index is 619. The minimum Gasteiger partial charge on any atom is -0.354 e. The molecule has 3 fully saturated rings. The SMILES string of the molecule is O=S1(=O)CCC(CN=C(NC2CC2)N2CCC(N3CC=CC3)C2)C1. The minimum absolute atomic E-state index is 0.201. The Morgan fingerprint density at radius 2 is 1.96 bits per heavy atom. The van der Waals surface area contributed by atoms with Crippen LogP contribution in [0.1, 0.15) is 25.7 Å². The minimum atomic E-state index is -2.81. The maximum atomic E-state index is 11.6. The molecule has 0 bridgehead atoms. The second kappa shape index (κ2) is 6.67. The van der Waals surface area contributed by atoms with E-state index in [0.29, 0.717) is 30.1 Å². The molecule has 3 aliphatic heterocycles. The Morgan fingerprint density at radius 3 is 2.62 bits per heavy atom. The summed E-state index contributed by atoms with van der Waals surface area (Å²) in [6, 6.07) is 1.18. The summed E-state index contributed by atoms with van der Waals surface area (Å²) in [6.07, 6.45) is 8.91. The van der Waals surface area contributed by atoms with Crippen LogP contribution < -0.4 is 5.32 Å². The van der Waals surface area contributed by atoms with E-state index in [4.69, 9.17) is 4.99 Å². The molecule has 3 heterocycles. The van der Waals surface area contributed by atoms with Crippen molar-refractivity contribution < 1.29 is 8.42 Å². The van der Waals surface area contributed by atoms with E-state index in [-0.39, 0.29) is 5.92 Å². The van der Waals surface area contributed by atoms with Crippen molar-refractivity contribution in [1.82, 2.24) is 15.1 Å². The van der Waals surface area contributed by atoms with Crippen LogP contribution in [0.5, 0.6) is 0 Å².